The monoisotopic (exact) mass is 295 g/mol. The summed E-state index contributed by atoms with van der Waals surface area (Å²) in [5.74, 6) is -0.162. The van der Waals surface area contributed by atoms with E-state index in [-0.39, 0.29) is 5.91 Å². The molecule has 1 N–H and O–H groups in total. The highest BCUT2D eigenvalue weighted by molar-refractivity contribution is 7.21. The van der Waals surface area contributed by atoms with Crippen molar-refractivity contribution >= 4 is 32.7 Å². The molecular weight excluding hydrogens is 286 g/mol. The average Bonchev–Trinajstić information content (AvgIpc) is 2.87. The van der Waals surface area contributed by atoms with Crippen LogP contribution in [0.2, 0.25) is 0 Å². The summed E-state index contributed by atoms with van der Waals surface area (Å²) in [5.41, 5.74) is 2.67. The first-order valence-corrected chi connectivity index (χ1v) is 6.89. The van der Waals surface area contributed by atoms with E-state index in [1.54, 1.807) is 18.3 Å². The number of thiazole rings is 1. The number of carbonyl (C=O) groups excluding carboxylic acids is 1. The fraction of sp³-hybridized carbons (Fsp3) is 0.0714. The number of fused-ring (bicyclic) bond motifs is 1. The van der Waals surface area contributed by atoms with Gasteiger partial charge in [-0.3, -0.25) is 4.79 Å². The Morgan fingerprint density at radius 2 is 2.14 bits per heavy atom. The summed E-state index contributed by atoms with van der Waals surface area (Å²) in [6, 6.07) is 9.11. The zero-order chi connectivity index (χ0) is 14.8. The lowest BCUT2D eigenvalue weighted by atomic mass is 10.2. The second-order valence-electron chi connectivity index (χ2n) is 4.26. The van der Waals surface area contributed by atoms with Gasteiger partial charge in [0.2, 0.25) is 5.91 Å². The van der Waals surface area contributed by atoms with Crippen molar-refractivity contribution < 1.29 is 4.79 Å². The van der Waals surface area contributed by atoms with Crippen molar-refractivity contribution in [3.05, 3.63) is 36.2 Å². The predicted octanol–water partition coefficient (Wildman–Crippen LogP) is 2.58. The van der Waals surface area contributed by atoms with Crippen LogP contribution in [0, 0.1) is 11.3 Å². The van der Waals surface area contributed by atoms with Crippen LogP contribution in [-0.2, 0) is 4.79 Å². The summed E-state index contributed by atoms with van der Waals surface area (Å²) in [6.45, 7) is 1.44. The quantitative estimate of drug-likeness (QED) is 0.784. The molecule has 0 fully saturated rings. The van der Waals surface area contributed by atoms with Crippen molar-refractivity contribution in [3.63, 3.8) is 0 Å². The van der Waals surface area contributed by atoms with Gasteiger partial charge < -0.3 is 5.32 Å². The Hall–Kier alpha value is -2.85. The number of anilines is 1. The Morgan fingerprint density at radius 3 is 2.81 bits per heavy atom. The number of amides is 1. The Morgan fingerprint density at radius 1 is 1.29 bits per heavy atom. The van der Waals surface area contributed by atoms with Gasteiger partial charge in [-0.25, -0.2) is 15.0 Å². The standard InChI is InChI=1S/C14H9N5OS/c1-8(20)17-14-19-12-5-4-11(18-13(12)21-14)9-2-3-10(6-15)16-7-9/h2-5,7H,1H3,(H,17,19,20). The zero-order valence-electron chi connectivity index (χ0n) is 11.0. The largest absolute Gasteiger partial charge is 0.302 e. The number of nitriles is 1. The summed E-state index contributed by atoms with van der Waals surface area (Å²) in [7, 11) is 0. The molecule has 3 aromatic heterocycles. The minimum absolute atomic E-state index is 0.162. The molecule has 0 atom stereocenters. The lowest BCUT2D eigenvalue weighted by Crippen LogP contribution is -2.04. The first kappa shape index (κ1) is 13.1. The van der Waals surface area contributed by atoms with E-state index in [2.05, 4.69) is 20.3 Å². The van der Waals surface area contributed by atoms with E-state index in [0.29, 0.717) is 10.8 Å². The summed E-state index contributed by atoms with van der Waals surface area (Å²) in [5, 5.41) is 11.9. The predicted molar refractivity (Wildman–Crippen MR) is 79.7 cm³/mol. The highest BCUT2D eigenvalue weighted by Crippen LogP contribution is 2.27. The Labute approximate surface area is 124 Å². The number of nitrogens with zero attached hydrogens (tertiary/aromatic N) is 4. The zero-order valence-corrected chi connectivity index (χ0v) is 11.8. The molecule has 7 heteroatoms. The Kier molecular flexibility index (Phi) is 3.30. The molecule has 3 aromatic rings. The molecular formula is C14H9N5OS. The molecule has 6 nitrogen and oxygen atoms in total. The molecule has 0 radical (unpaired) electrons. The highest BCUT2D eigenvalue weighted by Gasteiger charge is 2.08. The van der Waals surface area contributed by atoms with Gasteiger partial charge in [0.25, 0.3) is 0 Å². The fourth-order valence-electron chi connectivity index (χ4n) is 1.79. The SMILES string of the molecule is CC(=O)Nc1nc2ccc(-c3ccc(C#N)nc3)nc2s1. The fourth-order valence-corrected chi connectivity index (χ4v) is 2.68. The van der Waals surface area contributed by atoms with E-state index in [4.69, 9.17) is 5.26 Å². The van der Waals surface area contributed by atoms with Gasteiger partial charge in [-0.2, -0.15) is 5.26 Å². The average molecular weight is 295 g/mol. The third-order valence-corrected chi connectivity index (χ3v) is 3.59. The van der Waals surface area contributed by atoms with Crippen LogP contribution in [0.4, 0.5) is 5.13 Å². The summed E-state index contributed by atoms with van der Waals surface area (Å²) >= 11 is 1.32. The van der Waals surface area contributed by atoms with E-state index in [0.717, 1.165) is 21.6 Å². The second kappa shape index (κ2) is 5.26. The molecule has 3 heterocycles. The normalized spacial score (nSPS) is 10.3. The molecule has 0 saturated heterocycles. The van der Waals surface area contributed by atoms with Gasteiger partial charge in [-0.15, -0.1) is 0 Å². The van der Waals surface area contributed by atoms with Gasteiger partial charge in [-0.1, -0.05) is 11.3 Å². The van der Waals surface area contributed by atoms with Crippen molar-refractivity contribution in [1.82, 2.24) is 15.0 Å². The van der Waals surface area contributed by atoms with Crippen LogP contribution in [-0.4, -0.2) is 20.9 Å². The van der Waals surface area contributed by atoms with E-state index in [1.165, 1.54) is 18.3 Å². The molecule has 1 amide bonds. The van der Waals surface area contributed by atoms with E-state index in [9.17, 15) is 4.79 Å². The maximum absolute atomic E-state index is 11.0. The van der Waals surface area contributed by atoms with Gasteiger partial charge in [0.05, 0.1) is 5.69 Å². The smallest absolute Gasteiger partial charge is 0.223 e. The maximum Gasteiger partial charge on any atom is 0.223 e. The molecule has 0 aliphatic rings. The molecule has 0 spiro atoms. The summed E-state index contributed by atoms with van der Waals surface area (Å²) < 4.78 is 0. The van der Waals surface area contributed by atoms with Crippen LogP contribution in [0.3, 0.4) is 0 Å². The first-order valence-electron chi connectivity index (χ1n) is 6.07. The minimum atomic E-state index is -0.162. The van der Waals surface area contributed by atoms with Crippen LogP contribution in [0.25, 0.3) is 21.6 Å². The highest BCUT2D eigenvalue weighted by atomic mass is 32.1. The van der Waals surface area contributed by atoms with Crippen molar-refractivity contribution in [2.24, 2.45) is 0 Å². The molecule has 0 aromatic carbocycles. The lowest BCUT2D eigenvalue weighted by molar-refractivity contribution is -0.114. The van der Waals surface area contributed by atoms with Crippen molar-refractivity contribution in [1.29, 1.82) is 5.26 Å². The van der Waals surface area contributed by atoms with Gasteiger partial charge >= 0.3 is 0 Å². The van der Waals surface area contributed by atoms with Gasteiger partial charge in [0, 0.05) is 18.7 Å². The van der Waals surface area contributed by atoms with Crippen LogP contribution in [0.1, 0.15) is 12.6 Å². The second-order valence-corrected chi connectivity index (χ2v) is 5.24. The molecule has 0 aliphatic heterocycles. The van der Waals surface area contributed by atoms with Gasteiger partial charge in [0.15, 0.2) is 5.13 Å². The number of carbonyl (C=O) groups is 1. The minimum Gasteiger partial charge on any atom is -0.302 e. The number of hydrogen-bond donors (Lipinski definition) is 1. The third kappa shape index (κ3) is 2.70. The van der Waals surface area contributed by atoms with Gasteiger partial charge in [-0.05, 0) is 24.3 Å². The Bertz CT molecular complexity index is 863. The maximum atomic E-state index is 11.0. The third-order valence-electron chi connectivity index (χ3n) is 2.71. The van der Waals surface area contributed by atoms with Crippen LogP contribution < -0.4 is 5.32 Å². The molecule has 3 rings (SSSR count). The molecule has 21 heavy (non-hydrogen) atoms. The molecule has 102 valence electrons. The van der Waals surface area contributed by atoms with Crippen molar-refractivity contribution in [2.45, 2.75) is 6.92 Å². The van der Waals surface area contributed by atoms with Crippen molar-refractivity contribution in [2.75, 3.05) is 5.32 Å². The number of nitrogens with one attached hydrogen (secondary N) is 1. The van der Waals surface area contributed by atoms with Crippen LogP contribution >= 0.6 is 11.3 Å². The van der Waals surface area contributed by atoms with E-state index in [1.807, 2.05) is 18.2 Å². The van der Waals surface area contributed by atoms with Crippen molar-refractivity contribution in [3.8, 4) is 17.3 Å². The Balaban J connectivity index is 1.99. The van der Waals surface area contributed by atoms with Gasteiger partial charge in [0.1, 0.15) is 22.1 Å². The molecule has 0 saturated carbocycles. The number of hydrogen-bond acceptors (Lipinski definition) is 6. The summed E-state index contributed by atoms with van der Waals surface area (Å²) in [4.78, 5) is 24.6. The van der Waals surface area contributed by atoms with Crippen LogP contribution in [0.15, 0.2) is 30.5 Å². The molecule has 0 bridgehead atoms. The van der Waals surface area contributed by atoms with E-state index < -0.39 is 0 Å². The van der Waals surface area contributed by atoms with E-state index >= 15 is 0 Å². The summed E-state index contributed by atoms with van der Waals surface area (Å²) in [6.07, 6.45) is 1.61. The number of aromatic nitrogens is 3. The van der Waals surface area contributed by atoms with Crippen LogP contribution in [0.5, 0.6) is 0 Å². The topological polar surface area (TPSA) is 91.6 Å². The molecule has 0 unspecified atom stereocenters. The molecule has 0 aliphatic carbocycles. The number of rotatable bonds is 2. The number of pyridine rings is 2. The first-order chi connectivity index (χ1) is 10.2. The lowest BCUT2D eigenvalue weighted by Gasteiger charge is -1.99.